The number of hydrogen-bond donors (Lipinski definition) is 1. The van der Waals surface area contributed by atoms with E-state index in [-0.39, 0.29) is 0 Å². The molecule has 19 heavy (non-hydrogen) atoms. The monoisotopic (exact) mass is 245 g/mol. The lowest BCUT2D eigenvalue weighted by atomic mass is 10.0. The van der Waals surface area contributed by atoms with Crippen LogP contribution in [0.3, 0.4) is 0 Å². The number of fused-ring (bicyclic) bond motifs is 4. The molecule has 2 N–H and O–H groups in total. The van der Waals surface area contributed by atoms with Gasteiger partial charge in [0.05, 0.1) is 22.2 Å². The molecule has 0 bridgehead atoms. The van der Waals surface area contributed by atoms with Gasteiger partial charge in [0.15, 0.2) is 0 Å². The van der Waals surface area contributed by atoms with Gasteiger partial charge in [-0.3, -0.25) is 4.98 Å². The fraction of sp³-hybridized carbons (Fsp3) is 0. The largest absolute Gasteiger partial charge is 0.398 e. The van der Waals surface area contributed by atoms with Gasteiger partial charge in [-0.25, -0.2) is 4.98 Å². The number of anilines is 1. The molecular formula is C16H11N3. The molecule has 90 valence electrons. The molecule has 0 aliphatic rings. The quantitative estimate of drug-likeness (QED) is 0.381. The summed E-state index contributed by atoms with van der Waals surface area (Å²) in [5.74, 6) is 0. The zero-order valence-corrected chi connectivity index (χ0v) is 10.2. The first-order chi connectivity index (χ1) is 9.34. The minimum Gasteiger partial charge on any atom is -0.398 e. The van der Waals surface area contributed by atoms with Gasteiger partial charge < -0.3 is 5.73 Å². The van der Waals surface area contributed by atoms with Crippen molar-refractivity contribution in [2.45, 2.75) is 0 Å². The van der Waals surface area contributed by atoms with Gasteiger partial charge >= 0.3 is 0 Å². The van der Waals surface area contributed by atoms with Crippen LogP contribution in [0, 0.1) is 0 Å². The zero-order chi connectivity index (χ0) is 12.8. The molecule has 0 fully saturated rings. The van der Waals surface area contributed by atoms with E-state index in [1.54, 1.807) is 6.20 Å². The third-order valence-electron chi connectivity index (χ3n) is 3.47. The van der Waals surface area contributed by atoms with E-state index in [9.17, 15) is 0 Å². The van der Waals surface area contributed by atoms with Crippen LogP contribution in [0.5, 0.6) is 0 Å². The second kappa shape index (κ2) is 3.65. The Kier molecular flexibility index (Phi) is 1.97. The summed E-state index contributed by atoms with van der Waals surface area (Å²) >= 11 is 0. The number of benzene rings is 2. The Hall–Kier alpha value is -2.68. The van der Waals surface area contributed by atoms with Gasteiger partial charge in [0, 0.05) is 22.4 Å². The van der Waals surface area contributed by atoms with Crippen LogP contribution in [-0.4, -0.2) is 9.97 Å². The molecule has 0 aliphatic carbocycles. The molecule has 0 spiro atoms. The van der Waals surface area contributed by atoms with Crippen molar-refractivity contribution in [2.24, 2.45) is 0 Å². The predicted octanol–water partition coefficient (Wildman–Crippen LogP) is 3.52. The van der Waals surface area contributed by atoms with E-state index in [2.05, 4.69) is 9.97 Å². The Labute approximate surface area is 109 Å². The van der Waals surface area contributed by atoms with E-state index in [4.69, 9.17) is 5.73 Å². The maximum absolute atomic E-state index is 6.35. The first-order valence-electron chi connectivity index (χ1n) is 6.16. The first-order valence-corrected chi connectivity index (χ1v) is 6.16. The molecule has 4 aromatic rings. The van der Waals surface area contributed by atoms with Crippen molar-refractivity contribution in [3.8, 4) is 0 Å². The summed E-state index contributed by atoms with van der Waals surface area (Å²) in [5.41, 5.74) is 9.91. The lowest BCUT2D eigenvalue weighted by Gasteiger charge is -2.09. The SMILES string of the molecule is Nc1c2ccccc2nc2ccc3ncccc3c12. The molecule has 2 aromatic carbocycles. The van der Waals surface area contributed by atoms with Crippen molar-refractivity contribution in [2.75, 3.05) is 5.73 Å². The summed E-state index contributed by atoms with van der Waals surface area (Å²) in [7, 11) is 0. The predicted molar refractivity (Wildman–Crippen MR) is 79.0 cm³/mol. The van der Waals surface area contributed by atoms with Gasteiger partial charge in [0.2, 0.25) is 0 Å². The van der Waals surface area contributed by atoms with E-state index < -0.39 is 0 Å². The Morgan fingerprint density at radius 3 is 2.47 bits per heavy atom. The van der Waals surface area contributed by atoms with Crippen LogP contribution in [0.2, 0.25) is 0 Å². The number of nitrogens with two attached hydrogens (primary N) is 1. The molecule has 0 unspecified atom stereocenters. The van der Waals surface area contributed by atoms with Crippen LogP contribution in [-0.2, 0) is 0 Å². The Morgan fingerprint density at radius 1 is 0.737 bits per heavy atom. The molecule has 0 saturated heterocycles. The highest BCUT2D eigenvalue weighted by molar-refractivity contribution is 6.17. The fourth-order valence-electron chi connectivity index (χ4n) is 2.58. The number of rotatable bonds is 0. The third kappa shape index (κ3) is 1.38. The molecule has 2 aromatic heterocycles. The molecular weight excluding hydrogens is 234 g/mol. The minimum absolute atomic E-state index is 0.777. The number of para-hydroxylation sites is 1. The second-order valence-electron chi connectivity index (χ2n) is 4.57. The number of nitrogens with zero attached hydrogens (tertiary/aromatic N) is 2. The van der Waals surface area contributed by atoms with E-state index in [1.165, 1.54) is 0 Å². The smallest absolute Gasteiger partial charge is 0.0738 e. The van der Waals surface area contributed by atoms with Crippen molar-refractivity contribution in [3.63, 3.8) is 0 Å². The van der Waals surface area contributed by atoms with Crippen LogP contribution < -0.4 is 5.73 Å². The number of pyridine rings is 2. The molecule has 3 nitrogen and oxygen atoms in total. The maximum Gasteiger partial charge on any atom is 0.0738 e. The summed E-state index contributed by atoms with van der Waals surface area (Å²) in [6.07, 6.45) is 1.79. The van der Waals surface area contributed by atoms with E-state index in [0.29, 0.717) is 0 Å². The first kappa shape index (κ1) is 10.3. The van der Waals surface area contributed by atoms with Gasteiger partial charge in [-0.15, -0.1) is 0 Å². The third-order valence-corrected chi connectivity index (χ3v) is 3.47. The number of hydrogen-bond acceptors (Lipinski definition) is 3. The average molecular weight is 245 g/mol. The standard InChI is InChI=1S/C16H11N3/c17-16-11-4-1-2-6-13(11)19-14-8-7-12-10(15(14)16)5-3-9-18-12/h1-9H,(H2,17,19). The fourth-order valence-corrected chi connectivity index (χ4v) is 2.58. The summed E-state index contributed by atoms with van der Waals surface area (Å²) < 4.78 is 0. The molecule has 4 rings (SSSR count). The van der Waals surface area contributed by atoms with Crippen molar-refractivity contribution in [1.82, 2.24) is 9.97 Å². The highest BCUT2D eigenvalue weighted by atomic mass is 14.7. The summed E-state index contributed by atoms with van der Waals surface area (Å²) in [4.78, 5) is 9.05. The molecule has 0 atom stereocenters. The van der Waals surface area contributed by atoms with Gasteiger partial charge in [-0.05, 0) is 24.3 Å². The lowest BCUT2D eigenvalue weighted by Crippen LogP contribution is -1.93. The van der Waals surface area contributed by atoms with Gasteiger partial charge in [0.25, 0.3) is 0 Å². The average Bonchev–Trinajstić information content (AvgIpc) is 2.47. The second-order valence-corrected chi connectivity index (χ2v) is 4.57. The molecule has 3 heteroatoms. The number of nitrogen functional groups attached to an aromatic ring is 1. The highest BCUT2D eigenvalue weighted by Gasteiger charge is 2.09. The molecule has 0 aliphatic heterocycles. The molecule has 2 heterocycles. The summed E-state index contributed by atoms with van der Waals surface area (Å²) in [6.45, 7) is 0. The Balaban J connectivity index is 2.33. The van der Waals surface area contributed by atoms with Crippen LogP contribution in [0.4, 0.5) is 5.69 Å². The van der Waals surface area contributed by atoms with E-state index in [1.807, 2.05) is 48.5 Å². The normalized spacial score (nSPS) is 11.4. The zero-order valence-electron chi connectivity index (χ0n) is 10.2. The van der Waals surface area contributed by atoms with Crippen LogP contribution in [0.25, 0.3) is 32.7 Å². The summed E-state index contributed by atoms with van der Waals surface area (Å²) in [5, 5.41) is 3.03. The van der Waals surface area contributed by atoms with Crippen LogP contribution >= 0.6 is 0 Å². The molecule has 0 radical (unpaired) electrons. The van der Waals surface area contributed by atoms with Crippen molar-refractivity contribution in [3.05, 3.63) is 54.7 Å². The highest BCUT2D eigenvalue weighted by Crippen LogP contribution is 2.32. The van der Waals surface area contributed by atoms with Crippen molar-refractivity contribution in [1.29, 1.82) is 0 Å². The summed E-state index contributed by atoms with van der Waals surface area (Å²) in [6, 6.07) is 15.9. The van der Waals surface area contributed by atoms with Gasteiger partial charge in [-0.2, -0.15) is 0 Å². The van der Waals surface area contributed by atoms with Crippen LogP contribution in [0.15, 0.2) is 54.7 Å². The van der Waals surface area contributed by atoms with E-state index in [0.717, 1.165) is 38.4 Å². The van der Waals surface area contributed by atoms with Gasteiger partial charge in [0.1, 0.15) is 0 Å². The lowest BCUT2D eigenvalue weighted by molar-refractivity contribution is 1.41. The van der Waals surface area contributed by atoms with Crippen LogP contribution in [0.1, 0.15) is 0 Å². The minimum atomic E-state index is 0.777. The van der Waals surface area contributed by atoms with Crippen molar-refractivity contribution < 1.29 is 0 Å². The Morgan fingerprint density at radius 2 is 1.53 bits per heavy atom. The van der Waals surface area contributed by atoms with Crippen molar-refractivity contribution >= 4 is 38.4 Å². The number of aromatic nitrogens is 2. The maximum atomic E-state index is 6.35. The van der Waals surface area contributed by atoms with Gasteiger partial charge in [-0.1, -0.05) is 24.3 Å². The topological polar surface area (TPSA) is 51.8 Å². The molecule has 0 saturated carbocycles. The Bertz CT molecular complexity index is 929. The molecule has 0 amide bonds. The van der Waals surface area contributed by atoms with E-state index >= 15 is 0 Å².